The molecule has 1 unspecified atom stereocenters. The van der Waals surface area contributed by atoms with E-state index in [0.29, 0.717) is 6.61 Å². The highest BCUT2D eigenvalue weighted by molar-refractivity contribution is 6.35. The molecule has 4 nitrogen and oxygen atoms in total. The standard InChI is InChI=1S/C9H15NO3/c1-2-6-13-9(12)8(11)7-4-3-5-10-7/h7,10H,2-6H2,1H3. The molecule has 0 radical (unpaired) electrons. The first-order chi connectivity index (χ1) is 6.25. The average Bonchev–Trinajstić information content (AvgIpc) is 2.65. The Morgan fingerprint density at radius 2 is 2.31 bits per heavy atom. The number of hydrogen-bond acceptors (Lipinski definition) is 4. The van der Waals surface area contributed by atoms with Crippen LogP contribution in [0.1, 0.15) is 26.2 Å². The minimum atomic E-state index is -0.693. The van der Waals surface area contributed by atoms with Crippen molar-refractivity contribution in [2.45, 2.75) is 32.2 Å². The third kappa shape index (κ3) is 2.81. The summed E-state index contributed by atoms with van der Waals surface area (Å²) < 4.78 is 4.74. The maximum absolute atomic E-state index is 11.3. The van der Waals surface area contributed by atoms with Gasteiger partial charge in [-0.05, 0) is 25.8 Å². The van der Waals surface area contributed by atoms with Gasteiger partial charge in [-0.15, -0.1) is 0 Å². The van der Waals surface area contributed by atoms with Gasteiger partial charge >= 0.3 is 5.97 Å². The lowest BCUT2D eigenvalue weighted by atomic mass is 10.1. The molecule has 0 aromatic rings. The van der Waals surface area contributed by atoms with Crippen molar-refractivity contribution in [2.24, 2.45) is 0 Å². The quantitative estimate of drug-likeness (QED) is 0.504. The normalized spacial score (nSPS) is 21.5. The number of hydrogen-bond donors (Lipinski definition) is 1. The Labute approximate surface area is 77.6 Å². The van der Waals surface area contributed by atoms with Crippen molar-refractivity contribution in [1.82, 2.24) is 5.32 Å². The van der Waals surface area contributed by atoms with E-state index in [2.05, 4.69) is 5.32 Å². The molecule has 0 amide bonds. The molecule has 1 rings (SSSR count). The van der Waals surface area contributed by atoms with Crippen LogP contribution < -0.4 is 5.32 Å². The number of ether oxygens (including phenoxy) is 1. The highest BCUT2D eigenvalue weighted by atomic mass is 16.5. The van der Waals surface area contributed by atoms with E-state index in [-0.39, 0.29) is 6.04 Å². The topological polar surface area (TPSA) is 55.4 Å². The van der Waals surface area contributed by atoms with Gasteiger partial charge in [0.05, 0.1) is 12.6 Å². The number of Topliss-reactive ketones (excluding diaryl/α,β-unsaturated/α-hetero) is 1. The SMILES string of the molecule is CCCOC(=O)C(=O)C1CCCN1. The van der Waals surface area contributed by atoms with Crippen LogP contribution in [-0.4, -0.2) is 30.9 Å². The van der Waals surface area contributed by atoms with Gasteiger partial charge in [-0.1, -0.05) is 6.92 Å². The van der Waals surface area contributed by atoms with Crippen molar-refractivity contribution in [1.29, 1.82) is 0 Å². The Balaban J connectivity index is 2.32. The van der Waals surface area contributed by atoms with Crippen molar-refractivity contribution >= 4 is 11.8 Å². The van der Waals surface area contributed by atoms with E-state index >= 15 is 0 Å². The molecule has 1 atom stereocenters. The summed E-state index contributed by atoms with van der Waals surface area (Å²) in [4.78, 5) is 22.4. The first-order valence-electron chi connectivity index (χ1n) is 4.70. The summed E-state index contributed by atoms with van der Waals surface area (Å²) in [6, 6.07) is -0.302. The van der Waals surface area contributed by atoms with Crippen molar-refractivity contribution < 1.29 is 14.3 Å². The predicted octanol–water partition coefficient (Wildman–Crippen LogP) is 0.261. The number of ketones is 1. The van der Waals surface area contributed by atoms with Gasteiger partial charge in [0.2, 0.25) is 0 Å². The number of carbonyl (C=O) groups is 2. The lowest BCUT2D eigenvalue weighted by Gasteiger charge is -2.07. The van der Waals surface area contributed by atoms with Crippen LogP contribution >= 0.6 is 0 Å². The molecule has 13 heavy (non-hydrogen) atoms. The van der Waals surface area contributed by atoms with Gasteiger partial charge in [0, 0.05) is 0 Å². The third-order valence-electron chi connectivity index (χ3n) is 2.02. The van der Waals surface area contributed by atoms with E-state index in [0.717, 1.165) is 25.8 Å². The second kappa shape index (κ2) is 4.97. The smallest absolute Gasteiger partial charge is 0.376 e. The highest BCUT2D eigenvalue weighted by Crippen LogP contribution is 2.06. The molecular formula is C9H15NO3. The average molecular weight is 185 g/mol. The van der Waals surface area contributed by atoms with E-state index in [1.165, 1.54) is 0 Å². The van der Waals surface area contributed by atoms with Crippen LogP contribution in [0.15, 0.2) is 0 Å². The molecule has 1 aliphatic rings. The van der Waals surface area contributed by atoms with Crippen LogP contribution in [0.2, 0.25) is 0 Å². The molecule has 1 fully saturated rings. The fraction of sp³-hybridized carbons (Fsp3) is 0.778. The van der Waals surface area contributed by atoms with Crippen molar-refractivity contribution in [3.8, 4) is 0 Å². The van der Waals surface area contributed by atoms with E-state index < -0.39 is 11.8 Å². The summed E-state index contributed by atoms with van der Waals surface area (Å²) in [6.45, 7) is 3.04. The van der Waals surface area contributed by atoms with Crippen LogP contribution in [-0.2, 0) is 14.3 Å². The Hall–Kier alpha value is -0.900. The maximum Gasteiger partial charge on any atom is 0.376 e. The Bertz CT molecular complexity index is 197. The van der Waals surface area contributed by atoms with Crippen LogP contribution in [0.3, 0.4) is 0 Å². The summed E-state index contributed by atoms with van der Waals surface area (Å²) in [5.74, 6) is -1.12. The van der Waals surface area contributed by atoms with Crippen LogP contribution in [0, 0.1) is 0 Å². The zero-order valence-corrected chi connectivity index (χ0v) is 7.84. The fourth-order valence-corrected chi connectivity index (χ4v) is 1.32. The summed E-state index contributed by atoms with van der Waals surface area (Å²) in [5.41, 5.74) is 0. The van der Waals surface area contributed by atoms with Crippen LogP contribution in [0.5, 0.6) is 0 Å². The molecular weight excluding hydrogens is 170 g/mol. The minimum absolute atomic E-state index is 0.302. The zero-order chi connectivity index (χ0) is 9.68. The largest absolute Gasteiger partial charge is 0.460 e. The van der Waals surface area contributed by atoms with Gasteiger partial charge < -0.3 is 10.1 Å². The summed E-state index contributed by atoms with van der Waals surface area (Å²) in [5, 5.41) is 2.96. The molecule has 0 saturated carbocycles. The second-order valence-electron chi connectivity index (χ2n) is 3.15. The molecule has 1 saturated heterocycles. The molecule has 1 heterocycles. The van der Waals surface area contributed by atoms with Gasteiger partial charge in [-0.25, -0.2) is 4.79 Å². The Kier molecular flexibility index (Phi) is 3.89. The number of rotatable bonds is 4. The molecule has 1 N–H and O–H groups in total. The summed E-state index contributed by atoms with van der Waals surface area (Å²) >= 11 is 0. The van der Waals surface area contributed by atoms with Gasteiger partial charge in [0.25, 0.3) is 5.78 Å². The van der Waals surface area contributed by atoms with Crippen molar-refractivity contribution in [3.63, 3.8) is 0 Å². The van der Waals surface area contributed by atoms with E-state index in [4.69, 9.17) is 4.74 Å². The monoisotopic (exact) mass is 185 g/mol. The lowest BCUT2D eigenvalue weighted by molar-refractivity contribution is -0.154. The zero-order valence-electron chi connectivity index (χ0n) is 7.84. The lowest BCUT2D eigenvalue weighted by Crippen LogP contribution is -2.37. The van der Waals surface area contributed by atoms with Gasteiger partial charge in [0.15, 0.2) is 0 Å². The molecule has 4 heteroatoms. The number of carbonyl (C=O) groups excluding carboxylic acids is 2. The maximum atomic E-state index is 11.3. The van der Waals surface area contributed by atoms with Gasteiger partial charge in [-0.2, -0.15) is 0 Å². The van der Waals surface area contributed by atoms with Crippen molar-refractivity contribution in [2.75, 3.05) is 13.2 Å². The number of nitrogens with one attached hydrogen (secondary N) is 1. The van der Waals surface area contributed by atoms with E-state index in [1.807, 2.05) is 6.92 Å². The van der Waals surface area contributed by atoms with E-state index in [1.54, 1.807) is 0 Å². The molecule has 1 aliphatic heterocycles. The summed E-state index contributed by atoms with van der Waals surface area (Å²) in [7, 11) is 0. The molecule has 0 aliphatic carbocycles. The van der Waals surface area contributed by atoms with Gasteiger partial charge in [0.1, 0.15) is 0 Å². The fourth-order valence-electron chi connectivity index (χ4n) is 1.32. The first-order valence-corrected chi connectivity index (χ1v) is 4.70. The summed E-state index contributed by atoms with van der Waals surface area (Å²) in [6.07, 6.45) is 2.45. The highest BCUT2D eigenvalue weighted by Gasteiger charge is 2.28. The molecule has 0 aromatic carbocycles. The third-order valence-corrected chi connectivity index (χ3v) is 2.02. The Morgan fingerprint density at radius 1 is 1.54 bits per heavy atom. The molecule has 0 aromatic heterocycles. The minimum Gasteiger partial charge on any atom is -0.460 e. The number of esters is 1. The van der Waals surface area contributed by atoms with Crippen LogP contribution in [0.4, 0.5) is 0 Å². The predicted molar refractivity (Wildman–Crippen MR) is 47.3 cm³/mol. The molecule has 0 bridgehead atoms. The van der Waals surface area contributed by atoms with Gasteiger partial charge in [-0.3, -0.25) is 4.79 Å². The molecule has 74 valence electrons. The molecule has 0 spiro atoms. The first kappa shape index (κ1) is 10.2. The van der Waals surface area contributed by atoms with Crippen molar-refractivity contribution in [3.05, 3.63) is 0 Å². The van der Waals surface area contributed by atoms with E-state index in [9.17, 15) is 9.59 Å². The second-order valence-corrected chi connectivity index (χ2v) is 3.15. The van der Waals surface area contributed by atoms with Crippen LogP contribution in [0.25, 0.3) is 0 Å². The Morgan fingerprint density at radius 3 is 2.85 bits per heavy atom.